The second-order valence-corrected chi connectivity index (χ2v) is 11.1. The average Bonchev–Trinajstić information content (AvgIpc) is 3.55. The Labute approximate surface area is 254 Å². The molecule has 0 radical (unpaired) electrons. The Morgan fingerprint density at radius 3 is 2.27 bits per heavy atom. The molecule has 8 heteroatoms. The Morgan fingerprint density at radius 1 is 0.773 bits per heavy atom. The van der Waals surface area contributed by atoms with Crippen molar-refractivity contribution in [2.75, 3.05) is 26.6 Å². The number of rotatable bonds is 7. The van der Waals surface area contributed by atoms with E-state index in [0.29, 0.717) is 39.6 Å². The van der Waals surface area contributed by atoms with Crippen LogP contribution in [-0.4, -0.2) is 49.7 Å². The molecule has 1 fully saturated rings. The maximum atomic E-state index is 15.1. The topological polar surface area (TPSA) is 94.2 Å². The summed E-state index contributed by atoms with van der Waals surface area (Å²) in [6.45, 7) is 0. The van der Waals surface area contributed by atoms with Gasteiger partial charge in [-0.2, -0.15) is 0 Å². The van der Waals surface area contributed by atoms with Crippen LogP contribution in [0.15, 0.2) is 97.2 Å². The maximum absolute atomic E-state index is 15.1. The number of ketones is 2. The van der Waals surface area contributed by atoms with Crippen molar-refractivity contribution in [1.29, 1.82) is 0 Å². The average molecular weight is 587 g/mol. The van der Waals surface area contributed by atoms with Gasteiger partial charge in [-0.1, -0.05) is 54.6 Å². The van der Waals surface area contributed by atoms with E-state index in [1.54, 1.807) is 42.5 Å². The van der Waals surface area contributed by atoms with Crippen molar-refractivity contribution in [2.24, 2.45) is 5.92 Å². The van der Waals surface area contributed by atoms with Crippen LogP contribution in [0.3, 0.4) is 0 Å². The van der Waals surface area contributed by atoms with Gasteiger partial charge in [0.05, 0.1) is 38.9 Å². The summed E-state index contributed by atoms with van der Waals surface area (Å²) < 4.78 is 16.6. The first-order chi connectivity index (χ1) is 21.4. The molecule has 0 unspecified atom stereocenters. The first-order valence-corrected chi connectivity index (χ1v) is 14.3. The third-order valence-corrected chi connectivity index (χ3v) is 9.16. The van der Waals surface area contributed by atoms with E-state index in [1.165, 1.54) is 21.3 Å². The number of para-hydroxylation sites is 2. The Hall–Kier alpha value is -5.37. The lowest BCUT2D eigenvalue weighted by atomic mass is 9.62. The van der Waals surface area contributed by atoms with Gasteiger partial charge in [0.2, 0.25) is 5.91 Å². The van der Waals surface area contributed by atoms with E-state index in [-0.39, 0.29) is 17.5 Å². The molecule has 4 atom stereocenters. The van der Waals surface area contributed by atoms with Crippen molar-refractivity contribution in [3.05, 3.63) is 125 Å². The van der Waals surface area contributed by atoms with Crippen LogP contribution in [0.25, 0.3) is 6.08 Å². The number of ether oxygens (including phenoxy) is 3. The van der Waals surface area contributed by atoms with E-state index < -0.39 is 23.4 Å². The highest BCUT2D eigenvalue weighted by molar-refractivity contribution is 6.17. The molecule has 4 aromatic rings. The molecular formula is C36H30N2O6. The monoisotopic (exact) mass is 586 g/mol. The quantitative estimate of drug-likeness (QED) is 0.278. The van der Waals surface area contributed by atoms with Crippen molar-refractivity contribution in [3.63, 3.8) is 0 Å². The van der Waals surface area contributed by atoms with Crippen LogP contribution in [0.2, 0.25) is 0 Å². The predicted molar refractivity (Wildman–Crippen MR) is 165 cm³/mol. The number of nitrogens with one attached hydrogen (secondary N) is 1. The highest BCUT2D eigenvalue weighted by Crippen LogP contribution is 2.62. The number of anilines is 1. The van der Waals surface area contributed by atoms with Gasteiger partial charge >= 0.3 is 0 Å². The molecule has 220 valence electrons. The Balaban J connectivity index is 1.53. The molecule has 1 spiro atoms. The minimum absolute atomic E-state index is 0.304. The number of amides is 1. The SMILES string of the molecule is COc1ccc(C(=O)[C@@H]2[C@@H](C(=O)c3ccccc3OC)[C@@]3(C(=O)Nc4ccccc43)[C@H]3c4ccccc4C=CN23)cc1OC. The molecule has 1 saturated heterocycles. The zero-order chi connectivity index (χ0) is 30.6. The van der Waals surface area contributed by atoms with Crippen LogP contribution in [0, 0.1) is 5.92 Å². The van der Waals surface area contributed by atoms with Gasteiger partial charge < -0.3 is 24.4 Å². The number of fused-ring (bicyclic) bond motifs is 6. The van der Waals surface area contributed by atoms with Crippen LogP contribution < -0.4 is 19.5 Å². The molecule has 0 saturated carbocycles. The van der Waals surface area contributed by atoms with Crippen molar-refractivity contribution in [3.8, 4) is 17.2 Å². The van der Waals surface area contributed by atoms with Crippen molar-refractivity contribution >= 4 is 29.2 Å². The van der Waals surface area contributed by atoms with Gasteiger partial charge in [-0.05, 0) is 59.2 Å². The molecule has 44 heavy (non-hydrogen) atoms. The molecule has 8 nitrogen and oxygen atoms in total. The van der Waals surface area contributed by atoms with Gasteiger partial charge in [0.1, 0.15) is 17.2 Å². The summed E-state index contributed by atoms with van der Waals surface area (Å²) in [5, 5.41) is 3.07. The van der Waals surface area contributed by atoms with Crippen LogP contribution in [0.5, 0.6) is 17.2 Å². The zero-order valence-corrected chi connectivity index (χ0v) is 24.4. The van der Waals surface area contributed by atoms with Crippen LogP contribution in [0.4, 0.5) is 5.69 Å². The standard InChI is InChI=1S/C36H30N2O6/c1-42-27-15-9-6-12-24(27)33(40)30-31(32(39)22-16-17-28(43-2)29(20-22)44-3)38-19-18-21-10-4-5-11-23(21)34(38)36(30)25-13-7-8-14-26(25)37-35(36)41/h4-20,30-31,34H,1-3H3,(H,37,41)/t30-,31-,34+,36+/m0/s1. The van der Waals surface area contributed by atoms with Crippen LogP contribution in [0.1, 0.15) is 43.4 Å². The molecule has 1 amide bonds. The highest BCUT2D eigenvalue weighted by atomic mass is 16.5. The van der Waals surface area contributed by atoms with Gasteiger partial charge in [-0.15, -0.1) is 0 Å². The van der Waals surface area contributed by atoms with E-state index in [0.717, 1.165) is 11.1 Å². The van der Waals surface area contributed by atoms with Gasteiger partial charge in [0.25, 0.3) is 0 Å². The number of carbonyl (C=O) groups excluding carboxylic acids is 3. The second kappa shape index (κ2) is 10.4. The molecule has 3 aliphatic heterocycles. The minimum Gasteiger partial charge on any atom is -0.496 e. The molecular weight excluding hydrogens is 556 g/mol. The lowest BCUT2D eigenvalue weighted by Crippen LogP contribution is -2.49. The minimum atomic E-state index is -1.44. The van der Waals surface area contributed by atoms with Crippen molar-refractivity contribution in [1.82, 2.24) is 4.90 Å². The third-order valence-electron chi connectivity index (χ3n) is 9.16. The van der Waals surface area contributed by atoms with Crippen molar-refractivity contribution in [2.45, 2.75) is 17.5 Å². The van der Waals surface area contributed by atoms with E-state index >= 15 is 4.79 Å². The van der Waals surface area contributed by atoms with E-state index in [2.05, 4.69) is 5.32 Å². The van der Waals surface area contributed by atoms with E-state index in [4.69, 9.17) is 14.2 Å². The number of nitrogens with zero attached hydrogens (tertiary/aromatic N) is 1. The number of hydrogen-bond donors (Lipinski definition) is 1. The largest absolute Gasteiger partial charge is 0.496 e. The first-order valence-electron chi connectivity index (χ1n) is 14.3. The first kappa shape index (κ1) is 27.5. The molecule has 3 heterocycles. The van der Waals surface area contributed by atoms with E-state index in [1.807, 2.05) is 65.7 Å². The Morgan fingerprint density at radius 2 is 1.48 bits per heavy atom. The number of Topliss-reactive ketones (excluding diaryl/α,β-unsaturated/α-hetero) is 2. The summed E-state index contributed by atoms with van der Waals surface area (Å²) in [6.07, 6.45) is 3.78. The van der Waals surface area contributed by atoms with E-state index in [9.17, 15) is 9.59 Å². The number of benzene rings is 4. The zero-order valence-electron chi connectivity index (χ0n) is 24.4. The van der Waals surface area contributed by atoms with Gasteiger partial charge in [0.15, 0.2) is 23.1 Å². The predicted octanol–water partition coefficient (Wildman–Crippen LogP) is 5.69. The summed E-state index contributed by atoms with van der Waals surface area (Å²) in [5.41, 5.74) is 2.29. The molecule has 7 rings (SSSR count). The second-order valence-electron chi connectivity index (χ2n) is 11.1. The van der Waals surface area contributed by atoms with Gasteiger partial charge in [-0.25, -0.2) is 0 Å². The molecule has 1 N–H and O–H groups in total. The summed E-state index contributed by atoms with van der Waals surface area (Å²) in [5.74, 6) is -0.882. The van der Waals surface area contributed by atoms with Gasteiger partial charge in [-0.3, -0.25) is 14.4 Å². The number of hydrogen-bond acceptors (Lipinski definition) is 7. The normalized spacial score (nSPS) is 22.6. The van der Waals surface area contributed by atoms with Crippen molar-refractivity contribution < 1.29 is 28.6 Å². The summed E-state index contributed by atoms with van der Waals surface area (Å²) in [7, 11) is 4.53. The van der Waals surface area contributed by atoms with Gasteiger partial charge in [0, 0.05) is 17.5 Å². The fraction of sp³-hybridized carbons (Fsp3) is 0.194. The Bertz CT molecular complexity index is 1870. The lowest BCUT2D eigenvalue weighted by molar-refractivity contribution is -0.122. The lowest BCUT2D eigenvalue weighted by Gasteiger charge is -2.38. The molecule has 4 aromatic carbocycles. The molecule has 0 aliphatic carbocycles. The molecule has 0 bridgehead atoms. The van der Waals surface area contributed by atoms with Crippen LogP contribution >= 0.6 is 0 Å². The van der Waals surface area contributed by atoms with Crippen LogP contribution in [-0.2, 0) is 10.2 Å². The summed E-state index contributed by atoms with van der Waals surface area (Å²) >= 11 is 0. The molecule has 3 aliphatic rings. The fourth-order valence-electron chi connectivity index (χ4n) is 7.34. The Kier molecular flexibility index (Phi) is 6.50. The molecule has 0 aromatic heterocycles. The fourth-order valence-corrected chi connectivity index (χ4v) is 7.34. The summed E-state index contributed by atoms with van der Waals surface area (Å²) in [6, 6.07) is 25.5. The number of carbonyl (C=O) groups is 3. The maximum Gasteiger partial charge on any atom is 0.238 e. The smallest absolute Gasteiger partial charge is 0.238 e. The number of methoxy groups -OCH3 is 3. The highest BCUT2D eigenvalue weighted by Gasteiger charge is 2.70. The summed E-state index contributed by atoms with van der Waals surface area (Å²) in [4.78, 5) is 46.4. The third kappa shape index (κ3) is 3.73.